The quantitative estimate of drug-likeness (QED) is 0.750. The van der Waals surface area contributed by atoms with Gasteiger partial charge in [-0.15, -0.1) is 0 Å². The first-order valence-corrected chi connectivity index (χ1v) is 8.14. The molecule has 120 valence electrons. The van der Waals surface area contributed by atoms with Crippen LogP contribution >= 0.6 is 0 Å². The minimum atomic E-state index is -0.167. The fraction of sp³-hybridized carbons (Fsp3) is 0.526. The SMILES string of the molecule is C=C(OC(C)(C)C)N1CCC(C/C=C/c2ccccn2)CC1. The van der Waals surface area contributed by atoms with Crippen molar-refractivity contribution in [1.29, 1.82) is 0 Å². The maximum absolute atomic E-state index is 5.86. The van der Waals surface area contributed by atoms with Crippen molar-refractivity contribution in [3.05, 3.63) is 48.6 Å². The fourth-order valence-electron chi connectivity index (χ4n) is 2.69. The second kappa shape index (κ2) is 7.48. The predicted octanol–water partition coefficient (Wildman–Crippen LogP) is 4.48. The lowest BCUT2D eigenvalue weighted by Gasteiger charge is -2.36. The van der Waals surface area contributed by atoms with Crippen LogP contribution in [0.2, 0.25) is 0 Å². The van der Waals surface area contributed by atoms with Gasteiger partial charge >= 0.3 is 0 Å². The zero-order valence-electron chi connectivity index (χ0n) is 14.1. The Hall–Kier alpha value is -1.77. The van der Waals surface area contributed by atoms with Gasteiger partial charge in [-0.2, -0.15) is 0 Å². The summed E-state index contributed by atoms with van der Waals surface area (Å²) in [5.74, 6) is 1.56. The van der Waals surface area contributed by atoms with Gasteiger partial charge in [0.1, 0.15) is 5.60 Å². The monoisotopic (exact) mass is 300 g/mol. The van der Waals surface area contributed by atoms with Crippen molar-refractivity contribution in [2.75, 3.05) is 13.1 Å². The number of piperidine rings is 1. The zero-order chi connectivity index (χ0) is 16.0. The second-order valence-corrected chi connectivity index (χ2v) is 6.93. The summed E-state index contributed by atoms with van der Waals surface area (Å²) in [7, 11) is 0. The molecule has 2 heterocycles. The van der Waals surface area contributed by atoms with E-state index in [1.54, 1.807) is 0 Å². The summed E-state index contributed by atoms with van der Waals surface area (Å²) in [4.78, 5) is 6.58. The minimum absolute atomic E-state index is 0.167. The van der Waals surface area contributed by atoms with Crippen molar-refractivity contribution >= 4 is 6.08 Å². The first-order chi connectivity index (χ1) is 10.4. The molecule has 22 heavy (non-hydrogen) atoms. The van der Waals surface area contributed by atoms with E-state index < -0.39 is 0 Å². The van der Waals surface area contributed by atoms with Crippen molar-refractivity contribution < 1.29 is 4.74 Å². The maximum atomic E-state index is 5.86. The third-order valence-corrected chi connectivity index (χ3v) is 3.84. The van der Waals surface area contributed by atoms with Crippen LogP contribution in [0.15, 0.2) is 42.9 Å². The molecule has 1 aromatic rings. The summed E-state index contributed by atoms with van der Waals surface area (Å²) in [6.45, 7) is 12.3. The molecule has 2 rings (SSSR count). The molecule has 0 atom stereocenters. The van der Waals surface area contributed by atoms with Gasteiger partial charge in [-0.1, -0.05) is 12.1 Å². The molecule has 3 heteroatoms. The molecule has 1 saturated heterocycles. The van der Waals surface area contributed by atoms with Crippen molar-refractivity contribution in [3.8, 4) is 0 Å². The molecule has 0 aliphatic carbocycles. The lowest BCUT2D eigenvalue weighted by atomic mass is 9.93. The first-order valence-electron chi connectivity index (χ1n) is 8.14. The number of ether oxygens (including phenoxy) is 1. The number of hydrogen-bond acceptors (Lipinski definition) is 3. The van der Waals surface area contributed by atoms with Crippen LogP contribution in [0.4, 0.5) is 0 Å². The van der Waals surface area contributed by atoms with Crippen LogP contribution < -0.4 is 0 Å². The van der Waals surface area contributed by atoms with Gasteiger partial charge in [0.05, 0.1) is 5.69 Å². The summed E-state index contributed by atoms with van der Waals surface area (Å²) in [5, 5.41) is 0. The highest BCUT2D eigenvalue weighted by molar-refractivity contribution is 5.43. The van der Waals surface area contributed by atoms with Crippen molar-refractivity contribution in [2.24, 2.45) is 5.92 Å². The van der Waals surface area contributed by atoms with E-state index >= 15 is 0 Å². The Morgan fingerprint density at radius 3 is 2.68 bits per heavy atom. The van der Waals surface area contributed by atoms with E-state index in [0.717, 1.165) is 37.0 Å². The number of rotatable bonds is 5. The molecule has 0 spiro atoms. The maximum Gasteiger partial charge on any atom is 0.182 e. The number of nitrogens with zero attached hydrogens (tertiary/aromatic N) is 2. The van der Waals surface area contributed by atoms with E-state index in [0.29, 0.717) is 0 Å². The molecule has 1 aliphatic rings. The summed E-state index contributed by atoms with van der Waals surface area (Å²) >= 11 is 0. The van der Waals surface area contributed by atoms with Crippen molar-refractivity contribution in [2.45, 2.75) is 45.6 Å². The van der Waals surface area contributed by atoms with Gasteiger partial charge < -0.3 is 9.64 Å². The Morgan fingerprint density at radius 1 is 1.36 bits per heavy atom. The number of hydrogen-bond donors (Lipinski definition) is 0. The van der Waals surface area contributed by atoms with Crippen LogP contribution in [0.5, 0.6) is 0 Å². The van der Waals surface area contributed by atoms with Crippen LogP contribution in [0, 0.1) is 5.92 Å². The molecular formula is C19H28N2O. The highest BCUT2D eigenvalue weighted by Crippen LogP contribution is 2.25. The van der Waals surface area contributed by atoms with E-state index in [1.165, 1.54) is 12.8 Å². The van der Waals surface area contributed by atoms with Crippen LogP contribution in [-0.4, -0.2) is 28.6 Å². The van der Waals surface area contributed by atoms with Gasteiger partial charge in [0, 0.05) is 19.3 Å². The average molecular weight is 300 g/mol. The average Bonchev–Trinajstić information content (AvgIpc) is 2.47. The van der Waals surface area contributed by atoms with Crippen LogP contribution in [0.3, 0.4) is 0 Å². The fourth-order valence-corrected chi connectivity index (χ4v) is 2.69. The summed E-state index contributed by atoms with van der Waals surface area (Å²) in [6, 6.07) is 6.00. The normalized spacial score (nSPS) is 17.0. The molecule has 1 aliphatic heterocycles. The van der Waals surface area contributed by atoms with Gasteiger partial charge in [0.15, 0.2) is 5.88 Å². The highest BCUT2D eigenvalue weighted by atomic mass is 16.5. The van der Waals surface area contributed by atoms with Gasteiger partial charge in [0.25, 0.3) is 0 Å². The van der Waals surface area contributed by atoms with Gasteiger partial charge in [0.2, 0.25) is 0 Å². The van der Waals surface area contributed by atoms with Gasteiger partial charge in [-0.05, 0) is 70.7 Å². The Kier molecular flexibility index (Phi) is 5.64. The smallest absolute Gasteiger partial charge is 0.182 e. The number of likely N-dealkylation sites (tertiary alicyclic amines) is 1. The molecule has 0 aromatic carbocycles. The molecule has 0 radical (unpaired) electrons. The summed E-state index contributed by atoms with van der Waals surface area (Å²) in [6.07, 6.45) is 9.71. The van der Waals surface area contributed by atoms with Crippen LogP contribution in [-0.2, 0) is 4.74 Å². The molecule has 0 saturated carbocycles. The largest absolute Gasteiger partial charge is 0.474 e. The molecule has 1 fully saturated rings. The Labute approximate surface area is 134 Å². The van der Waals surface area contributed by atoms with Crippen molar-refractivity contribution in [1.82, 2.24) is 9.88 Å². The Balaban J connectivity index is 1.73. The minimum Gasteiger partial charge on any atom is -0.474 e. The molecule has 0 N–H and O–H groups in total. The number of allylic oxidation sites excluding steroid dienone is 1. The lowest BCUT2D eigenvalue weighted by molar-refractivity contribution is -0.00533. The summed E-state index contributed by atoms with van der Waals surface area (Å²) in [5.41, 5.74) is 0.867. The van der Waals surface area contributed by atoms with E-state index in [-0.39, 0.29) is 5.60 Å². The molecule has 0 amide bonds. The summed E-state index contributed by atoms with van der Waals surface area (Å²) < 4.78 is 5.86. The van der Waals surface area contributed by atoms with E-state index in [9.17, 15) is 0 Å². The lowest BCUT2D eigenvalue weighted by Crippen LogP contribution is -2.36. The molecule has 3 nitrogen and oxygen atoms in total. The topological polar surface area (TPSA) is 25.4 Å². The first kappa shape index (κ1) is 16.6. The van der Waals surface area contributed by atoms with E-state index in [4.69, 9.17) is 4.74 Å². The number of pyridine rings is 1. The molecule has 0 bridgehead atoms. The Morgan fingerprint density at radius 2 is 2.09 bits per heavy atom. The standard InChI is InChI=1S/C19H28N2O/c1-16(22-19(2,3)4)21-14-11-17(12-15-21)8-7-10-18-9-5-6-13-20-18/h5-7,9-10,13,17H,1,8,11-12,14-15H2,2-4H3/b10-7+. The van der Waals surface area contributed by atoms with Gasteiger partial charge in [-0.3, -0.25) is 4.98 Å². The molecular weight excluding hydrogens is 272 g/mol. The van der Waals surface area contributed by atoms with E-state index in [2.05, 4.69) is 49.4 Å². The van der Waals surface area contributed by atoms with E-state index in [1.807, 2.05) is 24.4 Å². The third kappa shape index (κ3) is 5.55. The predicted molar refractivity (Wildman–Crippen MR) is 92.2 cm³/mol. The highest BCUT2D eigenvalue weighted by Gasteiger charge is 2.22. The third-order valence-electron chi connectivity index (χ3n) is 3.84. The Bertz CT molecular complexity index is 494. The molecule has 1 aromatic heterocycles. The van der Waals surface area contributed by atoms with Crippen molar-refractivity contribution in [3.63, 3.8) is 0 Å². The number of aromatic nitrogens is 1. The van der Waals surface area contributed by atoms with Gasteiger partial charge in [-0.25, -0.2) is 0 Å². The molecule has 0 unspecified atom stereocenters. The zero-order valence-corrected chi connectivity index (χ0v) is 14.1. The van der Waals surface area contributed by atoms with Crippen LogP contribution in [0.25, 0.3) is 6.08 Å². The van der Waals surface area contributed by atoms with Crippen LogP contribution in [0.1, 0.15) is 45.7 Å². The second-order valence-electron chi connectivity index (χ2n) is 6.93.